The molecule has 0 aliphatic carbocycles. The zero-order valence-corrected chi connectivity index (χ0v) is 16.3. The quantitative estimate of drug-likeness (QED) is 0.477. The van der Waals surface area contributed by atoms with E-state index in [0.29, 0.717) is 6.42 Å². The first-order valence-electron chi connectivity index (χ1n) is 8.44. The van der Waals surface area contributed by atoms with Gasteiger partial charge in [0.15, 0.2) is 11.4 Å². The summed E-state index contributed by atoms with van der Waals surface area (Å²) in [5, 5.41) is 17.4. The van der Waals surface area contributed by atoms with Crippen LogP contribution in [0.3, 0.4) is 0 Å². The molecule has 0 saturated carbocycles. The lowest BCUT2D eigenvalue weighted by molar-refractivity contribution is 0.101. The van der Waals surface area contributed by atoms with Gasteiger partial charge < -0.3 is 25.5 Å². The number of carbonyl (C=O) groups is 1. The topological polar surface area (TPSA) is 150 Å². The van der Waals surface area contributed by atoms with E-state index in [1.165, 1.54) is 23.7 Å². The van der Waals surface area contributed by atoms with Crippen LogP contribution in [-0.4, -0.2) is 36.7 Å². The first kappa shape index (κ1) is 21.7. The van der Waals surface area contributed by atoms with Gasteiger partial charge in [-0.05, 0) is 24.6 Å². The van der Waals surface area contributed by atoms with E-state index in [2.05, 4.69) is 5.32 Å². The van der Waals surface area contributed by atoms with Crippen molar-refractivity contribution in [2.24, 2.45) is 12.2 Å². The number of aryl methyl sites for hydroxylation is 1. The molecule has 0 saturated heterocycles. The number of aliphatic hydroxyl groups is 1. The SMILES string of the molecule is CCC(O)CCOc1c(S(N)(=O)=O)cn(C)c1C(=O)Nc1ccc(F)c(N)c1. The normalized spacial score (nSPS) is 12.6. The van der Waals surface area contributed by atoms with Crippen molar-refractivity contribution in [3.05, 3.63) is 35.9 Å². The number of aliphatic hydroxyl groups excluding tert-OH is 1. The third-order valence-corrected chi connectivity index (χ3v) is 4.95. The van der Waals surface area contributed by atoms with Gasteiger partial charge in [-0.2, -0.15) is 0 Å². The molecule has 1 atom stereocenters. The van der Waals surface area contributed by atoms with Crippen LogP contribution < -0.4 is 20.9 Å². The van der Waals surface area contributed by atoms with Crippen LogP contribution in [0, 0.1) is 5.82 Å². The fourth-order valence-corrected chi connectivity index (χ4v) is 3.21. The molecule has 0 aliphatic heterocycles. The summed E-state index contributed by atoms with van der Waals surface area (Å²) in [6.07, 6.45) is 1.28. The Labute approximate surface area is 162 Å². The predicted octanol–water partition coefficient (Wildman–Crippen LogP) is 1.19. The van der Waals surface area contributed by atoms with Gasteiger partial charge in [-0.25, -0.2) is 17.9 Å². The molecule has 1 heterocycles. The van der Waals surface area contributed by atoms with Gasteiger partial charge in [0.2, 0.25) is 10.0 Å². The van der Waals surface area contributed by atoms with E-state index < -0.39 is 27.9 Å². The number of hydrogen-bond acceptors (Lipinski definition) is 6. The van der Waals surface area contributed by atoms with E-state index in [1.807, 2.05) is 0 Å². The second-order valence-electron chi connectivity index (χ2n) is 6.22. The van der Waals surface area contributed by atoms with Crippen molar-refractivity contribution in [1.29, 1.82) is 0 Å². The van der Waals surface area contributed by atoms with Crippen LogP contribution in [0.1, 0.15) is 30.3 Å². The van der Waals surface area contributed by atoms with Crippen LogP contribution in [0.4, 0.5) is 15.8 Å². The molecular formula is C17H23FN4O5S. The number of nitrogens with two attached hydrogens (primary N) is 2. The zero-order valence-electron chi connectivity index (χ0n) is 15.5. The summed E-state index contributed by atoms with van der Waals surface area (Å²) >= 11 is 0. The van der Waals surface area contributed by atoms with Gasteiger partial charge >= 0.3 is 0 Å². The van der Waals surface area contributed by atoms with Gasteiger partial charge in [0.1, 0.15) is 10.7 Å². The van der Waals surface area contributed by atoms with Gasteiger partial charge in [0, 0.05) is 25.4 Å². The Bertz CT molecular complexity index is 974. The third kappa shape index (κ3) is 5.00. The zero-order chi connectivity index (χ0) is 21.1. The number of rotatable bonds is 8. The minimum atomic E-state index is -4.17. The number of nitrogen functional groups attached to an aromatic ring is 1. The van der Waals surface area contributed by atoms with Crippen molar-refractivity contribution >= 4 is 27.3 Å². The lowest BCUT2D eigenvalue weighted by atomic mass is 10.2. The van der Waals surface area contributed by atoms with Crippen molar-refractivity contribution in [2.45, 2.75) is 30.8 Å². The average molecular weight is 414 g/mol. The Morgan fingerprint density at radius 3 is 2.68 bits per heavy atom. The fourth-order valence-electron chi connectivity index (χ4n) is 2.49. The highest BCUT2D eigenvalue weighted by molar-refractivity contribution is 7.89. The van der Waals surface area contributed by atoms with E-state index in [-0.39, 0.29) is 40.7 Å². The second kappa shape index (κ2) is 8.59. The van der Waals surface area contributed by atoms with Crippen LogP contribution in [0.5, 0.6) is 5.75 Å². The monoisotopic (exact) mass is 414 g/mol. The Morgan fingerprint density at radius 1 is 1.43 bits per heavy atom. The molecule has 2 aromatic rings. The van der Waals surface area contributed by atoms with Crippen molar-refractivity contribution in [2.75, 3.05) is 17.7 Å². The Kier molecular flexibility index (Phi) is 6.65. The molecule has 0 aliphatic rings. The van der Waals surface area contributed by atoms with Crippen LogP contribution in [0.25, 0.3) is 0 Å². The summed E-state index contributed by atoms with van der Waals surface area (Å²) in [5.74, 6) is -1.55. The van der Waals surface area contributed by atoms with Gasteiger partial charge in [-0.1, -0.05) is 6.92 Å². The number of aromatic nitrogens is 1. The van der Waals surface area contributed by atoms with Gasteiger partial charge in [-0.3, -0.25) is 4.79 Å². The van der Waals surface area contributed by atoms with Crippen LogP contribution >= 0.6 is 0 Å². The Morgan fingerprint density at radius 2 is 2.11 bits per heavy atom. The summed E-state index contributed by atoms with van der Waals surface area (Å²) in [6, 6.07) is 3.63. The number of primary sulfonamides is 1. The number of sulfonamides is 1. The first-order valence-corrected chi connectivity index (χ1v) is 9.98. The molecule has 1 unspecified atom stereocenters. The number of ether oxygens (including phenoxy) is 1. The molecule has 0 spiro atoms. The van der Waals surface area contributed by atoms with Gasteiger partial charge in [0.05, 0.1) is 18.4 Å². The molecular weight excluding hydrogens is 391 g/mol. The molecule has 9 nitrogen and oxygen atoms in total. The summed E-state index contributed by atoms with van der Waals surface area (Å²) in [4.78, 5) is 12.4. The number of halogens is 1. The van der Waals surface area contributed by atoms with E-state index >= 15 is 0 Å². The number of anilines is 2. The average Bonchev–Trinajstić information content (AvgIpc) is 2.94. The molecule has 0 bridgehead atoms. The number of benzene rings is 1. The molecule has 28 heavy (non-hydrogen) atoms. The van der Waals surface area contributed by atoms with Crippen LogP contribution in [0.15, 0.2) is 29.3 Å². The number of hydrogen-bond donors (Lipinski definition) is 4. The molecule has 0 fully saturated rings. The minimum absolute atomic E-state index is 0.0225. The van der Waals surface area contributed by atoms with Crippen molar-refractivity contribution in [1.82, 2.24) is 4.57 Å². The number of nitrogens with one attached hydrogen (secondary N) is 1. The minimum Gasteiger partial charge on any atom is -0.490 e. The summed E-state index contributed by atoms with van der Waals surface area (Å²) in [6.45, 7) is 1.77. The van der Waals surface area contributed by atoms with E-state index in [0.717, 1.165) is 12.3 Å². The smallest absolute Gasteiger partial charge is 0.276 e. The highest BCUT2D eigenvalue weighted by Crippen LogP contribution is 2.30. The van der Waals surface area contributed by atoms with Crippen molar-refractivity contribution in [3.8, 4) is 5.75 Å². The maximum absolute atomic E-state index is 13.3. The predicted molar refractivity (Wildman–Crippen MR) is 102 cm³/mol. The highest BCUT2D eigenvalue weighted by Gasteiger charge is 2.28. The van der Waals surface area contributed by atoms with E-state index in [9.17, 15) is 22.7 Å². The number of carbonyl (C=O) groups excluding carboxylic acids is 1. The van der Waals surface area contributed by atoms with Gasteiger partial charge in [-0.15, -0.1) is 0 Å². The van der Waals surface area contributed by atoms with Crippen molar-refractivity contribution in [3.63, 3.8) is 0 Å². The standard InChI is InChI=1S/C17H23FN4O5S/c1-3-11(23)6-7-27-16-14(28(20,25)26)9-22(2)15(16)17(24)21-10-4-5-12(18)13(19)8-10/h4-5,8-9,11,23H,3,6-7,19H2,1-2H3,(H,21,24)(H2,20,25,26). The number of amides is 1. The van der Waals surface area contributed by atoms with Crippen molar-refractivity contribution < 1.29 is 27.4 Å². The second-order valence-corrected chi connectivity index (χ2v) is 7.75. The first-order chi connectivity index (χ1) is 13.0. The Balaban J connectivity index is 2.36. The Hall–Kier alpha value is -2.63. The molecule has 1 amide bonds. The summed E-state index contributed by atoms with van der Waals surface area (Å²) in [5.41, 5.74) is 5.45. The lowest BCUT2D eigenvalue weighted by Crippen LogP contribution is -2.19. The molecule has 11 heteroatoms. The maximum Gasteiger partial charge on any atom is 0.276 e. The van der Waals surface area contributed by atoms with E-state index in [1.54, 1.807) is 6.92 Å². The summed E-state index contributed by atoms with van der Waals surface area (Å²) in [7, 11) is -2.71. The summed E-state index contributed by atoms with van der Waals surface area (Å²) < 4.78 is 43.8. The highest BCUT2D eigenvalue weighted by atomic mass is 32.2. The molecule has 154 valence electrons. The van der Waals surface area contributed by atoms with Crippen LogP contribution in [-0.2, 0) is 17.1 Å². The van der Waals surface area contributed by atoms with E-state index in [4.69, 9.17) is 15.6 Å². The molecule has 0 radical (unpaired) electrons. The molecule has 1 aromatic carbocycles. The van der Waals surface area contributed by atoms with Gasteiger partial charge in [0.25, 0.3) is 5.91 Å². The molecule has 1 aromatic heterocycles. The molecule has 6 N–H and O–H groups in total. The maximum atomic E-state index is 13.3. The fraction of sp³-hybridized carbons (Fsp3) is 0.353. The number of nitrogens with zero attached hydrogens (tertiary/aromatic N) is 1. The lowest BCUT2D eigenvalue weighted by Gasteiger charge is -2.13. The van der Waals surface area contributed by atoms with Crippen LogP contribution in [0.2, 0.25) is 0 Å². The molecule has 2 rings (SSSR count). The largest absolute Gasteiger partial charge is 0.490 e. The third-order valence-electron chi connectivity index (χ3n) is 4.05.